The second-order valence-corrected chi connectivity index (χ2v) is 5.61. The van der Waals surface area contributed by atoms with Gasteiger partial charge in [-0.3, -0.25) is 14.9 Å². The fourth-order valence-electron chi connectivity index (χ4n) is 2.30. The number of nitrogens with one attached hydrogen (secondary N) is 1. The molecule has 9 heteroatoms. The Balaban J connectivity index is 1.90. The first-order valence-electron chi connectivity index (χ1n) is 7.44. The number of amides is 1. The summed E-state index contributed by atoms with van der Waals surface area (Å²) in [6, 6.07) is 13.2. The van der Waals surface area contributed by atoms with E-state index >= 15 is 0 Å². The quantitative estimate of drug-likeness (QED) is 0.543. The van der Waals surface area contributed by atoms with Crippen LogP contribution in [0.3, 0.4) is 0 Å². The van der Waals surface area contributed by atoms with Gasteiger partial charge in [-0.15, -0.1) is 0 Å². The Bertz CT molecular complexity index is 972. The standard InChI is InChI=1S/C17H13ClN4O4/c1-26-15-10-21(12-5-3-2-4-6-12)20-16(15)17(23)19-11-7-8-13(18)14(9-11)22(24)25/h2-10H,1H3,(H,19,23). The van der Waals surface area contributed by atoms with E-state index in [0.717, 1.165) is 5.69 Å². The first-order valence-corrected chi connectivity index (χ1v) is 7.82. The van der Waals surface area contributed by atoms with Gasteiger partial charge in [0.15, 0.2) is 11.4 Å². The molecule has 0 atom stereocenters. The van der Waals surface area contributed by atoms with Gasteiger partial charge in [-0.1, -0.05) is 29.8 Å². The summed E-state index contributed by atoms with van der Waals surface area (Å²) in [4.78, 5) is 22.9. The van der Waals surface area contributed by atoms with Crippen LogP contribution < -0.4 is 10.1 Å². The van der Waals surface area contributed by atoms with Crippen LogP contribution in [0, 0.1) is 10.1 Å². The molecule has 1 amide bonds. The maximum Gasteiger partial charge on any atom is 0.289 e. The Labute approximate surface area is 153 Å². The molecule has 0 fully saturated rings. The molecule has 3 aromatic rings. The van der Waals surface area contributed by atoms with Gasteiger partial charge in [-0.25, -0.2) is 4.68 Å². The molecule has 0 saturated heterocycles. The maximum atomic E-state index is 12.5. The van der Waals surface area contributed by atoms with Crippen molar-refractivity contribution < 1.29 is 14.5 Å². The molecule has 0 aliphatic heterocycles. The van der Waals surface area contributed by atoms with Crippen molar-refractivity contribution in [2.45, 2.75) is 0 Å². The predicted octanol–water partition coefficient (Wildman–Crippen LogP) is 3.69. The highest BCUT2D eigenvalue weighted by Gasteiger charge is 2.20. The van der Waals surface area contributed by atoms with Gasteiger partial charge < -0.3 is 10.1 Å². The summed E-state index contributed by atoms with van der Waals surface area (Å²) in [5, 5.41) is 17.8. The van der Waals surface area contributed by atoms with E-state index in [9.17, 15) is 14.9 Å². The van der Waals surface area contributed by atoms with Crippen LogP contribution >= 0.6 is 11.6 Å². The smallest absolute Gasteiger partial charge is 0.289 e. The third-order valence-electron chi connectivity index (χ3n) is 3.54. The number of aromatic nitrogens is 2. The topological polar surface area (TPSA) is 99.3 Å². The molecular weight excluding hydrogens is 360 g/mol. The number of nitrogens with zero attached hydrogens (tertiary/aromatic N) is 3. The average Bonchev–Trinajstić information content (AvgIpc) is 3.08. The van der Waals surface area contributed by atoms with Crippen molar-refractivity contribution in [3.05, 3.63) is 75.6 Å². The third-order valence-corrected chi connectivity index (χ3v) is 3.86. The maximum absolute atomic E-state index is 12.5. The second kappa shape index (κ2) is 7.24. The van der Waals surface area contributed by atoms with E-state index in [1.165, 1.54) is 30.0 Å². The minimum Gasteiger partial charge on any atom is -0.493 e. The highest BCUT2D eigenvalue weighted by Crippen LogP contribution is 2.28. The number of methoxy groups -OCH3 is 1. The van der Waals surface area contributed by atoms with E-state index in [1.54, 1.807) is 6.20 Å². The fourth-order valence-corrected chi connectivity index (χ4v) is 2.48. The van der Waals surface area contributed by atoms with E-state index in [2.05, 4.69) is 10.4 Å². The molecule has 0 radical (unpaired) electrons. The largest absolute Gasteiger partial charge is 0.493 e. The summed E-state index contributed by atoms with van der Waals surface area (Å²) in [5.74, 6) is -0.289. The lowest BCUT2D eigenvalue weighted by molar-refractivity contribution is -0.384. The summed E-state index contributed by atoms with van der Waals surface area (Å²) in [7, 11) is 1.43. The zero-order valence-electron chi connectivity index (χ0n) is 13.5. The molecule has 0 aliphatic rings. The molecular formula is C17H13ClN4O4. The van der Waals surface area contributed by atoms with E-state index in [-0.39, 0.29) is 27.8 Å². The van der Waals surface area contributed by atoms with Crippen LogP contribution in [0.15, 0.2) is 54.7 Å². The van der Waals surface area contributed by atoms with Gasteiger partial charge >= 0.3 is 0 Å². The van der Waals surface area contributed by atoms with Crippen LogP contribution in [0.4, 0.5) is 11.4 Å². The number of ether oxygens (including phenoxy) is 1. The summed E-state index contributed by atoms with van der Waals surface area (Å²) < 4.78 is 6.73. The third kappa shape index (κ3) is 3.50. The molecule has 132 valence electrons. The summed E-state index contributed by atoms with van der Waals surface area (Å²) in [6.07, 6.45) is 1.58. The highest BCUT2D eigenvalue weighted by molar-refractivity contribution is 6.32. The Morgan fingerprint density at radius 1 is 1.27 bits per heavy atom. The normalized spacial score (nSPS) is 10.4. The van der Waals surface area contributed by atoms with Crippen LogP contribution in [0.5, 0.6) is 5.75 Å². The number of rotatable bonds is 5. The van der Waals surface area contributed by atoms with Gasteiger partial charge in [0.05, 0.1) is 23.9 Å². The fraction of sp³-hybridized carbons (Fsp3) is 0.0588. The second-order valence-electron chi connectivity index (χ2n) is 5.20. The van der Waals surface area contributed by atoms with Crippen molar-refractivity contribution in [2.75, 3.05) is 12.4 Å². The number of benzene rings is 2. The Morgan fingerprint density at radius 2 is 2.00 bits per heavy atom. The Morgan fingerprint density at radius 3 is 2.65 bits per heavy atom. The van der Waals surface area contributed by atoms with Crippen molar-refractivity contribution >= 4 is 28.9 Å². The number of nitro groups is 1. The molecule has 3 rings (SSSR count). The molecule has 0 bridgehead atoms. The summed E-state index contributed by atoms with van der Waals surface area (Å²) in [5.41, 5.74) is 0.731. The van der Waals surface area contributed by atoms with Crippen molar-refractivity contribution in [3.63, 3.8) is 0 Å². The van der Waals surface area contributed by atoms with Crippen molar-refractivity contribution in [2.24, 2.45) is 0 Å². The number of carbonyl (C=O) groups is 1. The number of anilines is 1. The first-order chi connectivity index (χ1) is 12.5. The number of halogens is 1. The number of para-hydroxylation sites is 1. The van der Waals surface area contributed by atoms with Gasteiger partial charge in [-0.2, -0.15) is 5.10 Å². The van der Waals surface area contributed by atoms with Crippen molar-refractivity contribution in [1.82, 2.24) is 9.78 Å². The van der Waals surface area contributed by atoms with Crippen LogP contribution in [-0.4, -0.2) is 27.7 Å². The minimum absolute atomic E-state index is 0.0149. The average molecular weight is 373 g/mol. The molecule has 0 saturated carbocycles. The molecule has 1 aromatic heterocycles. The molecule has 1 heterocycles. The Hall–Kier alpha value is -3.39. The predicted molar refractivity (Wildman–Crippen MR) is 96.2 cm³/mol. The zero-order chi connectivity index (χ0) is 18.7. The first kappa shape index (κ1) is 17.4. The van der Waals surface area contributed by atoms with Gasteiger partial charge in [0, 0.05) is 11.8 Å². The summed E-state index contributed by atoms with van der Waals surface area (Å²) >= 11 is 5.77. The molecule has 2 aromatic carbocycles. The van der Waals surface area contributed by atoms with Crippen LogP contribution in [0.1, 0.15) is 10.5 Å². The number of nitro benzene ring substituents is 1. The Kier molecular flexibility index (Phi) is 4.85. The van der Waals surface area contributed by atoms with E-state index in [4.69, 9.17) is 16.3 Å². The van der Waals surface area contributed by atoms with Crippen LogP contribution in [-0.2, 0) is 0 Å². The van der Waals surface area contributed by atoms with Gasteiger partial charge in [0.1, 0.15) is 5.02 Å². The van der Waals surface area contributed by atoms with Gasteiger partial charge in [0.2, 0.25) is 0 Å². The highest BCUT2D eigenvalue weighted by atomic mass is 35.5. The summed E-state index contributed by atoms with van der Waals surface area (Å²) in [6.45, 7) is 0. The molecule has 0 aliphatic carbocycles. The van der Waals surface area contributed by atoms with Crippen LogP contribution in [0.2, 0.25) is 5.02 Å². The SMILES string of the molecule is COc1cn(-c2ccccc2)nc1C(=O)Nc1ccc(Cl)c([N+](=O)[O-])c1. The number of hydrogen-bond acceptors (Lipinski definition) is 5. The van der Waals surface area contributed by atoms with E-state index < -0.39 is 10.8 Å². The zero-order valence-corrected chi connectivity index (χ0v) is 14.3. The van der Waals surface area contributed by atoms with Gasteiger partial charge in [-0.05, 0) is 24.3 Å². The number of hydrogen-bond donors (Lipinski definition) is 1. The van der Waals surface area contributed by atoms with Crippen molar-refractivity contribution in [3.8, 4) is 11.4 Å². The lowest BCUT2D eigenvalue weighted by Gasteiger charge is -2.05. The molecule has 0 unspecified atom stereocenters. The van der Waals surface area contributed by atoms with E-state index in [1.807, 2.05) is 30.3 Å². The molecule has 1 N–H and O–H groups in total. The minimum atomic E-state index is -0.622. The van der Waals surface area contributed by atoms with Crippen LogP contribution in [0.25, 0.3) is 5.69 Å². The van der Waals surface area contributed by atoms with Crippen molar-refractivity contribution in [1.29, 1.82) is 0 Å². The lowest BCUT2D eigenvalue weighted by atomic mass is 10.2. The van der Waals surface area contributed by atoms with E-state index in [0.29, 0.717) is 0 Å². The molecule has 26 heavy (non-hydrogen) atoms. The molecule has 0 spiro atoms. The monoisotopic (exact) mass is 372 g/mol. The molecule has 8 nitrogen and oxygen atoms in total. The van der Waals surface area contributed by atoms with Gasteiger partial charge in [0.25, 0.3) is 11.6 Å². The lowest BCUT2D eigenvalue weighted by Crippen LogP contribution is -2.14. The number of carbonyl (C=O) groups excluding carboxylic acids is 1.